The minimum atomic E-state index is 0.0119. The lowest BCUT2D eigenvalue weighted by Gasteiger charge is -2.15. The first-order valence-corrected chi connectivity index (χ1v) is 8.31. The molecule has 0 aliphatic heterocycles. The van der Waals surface area contributed by atoms with E-state index in [0.29, 0.717) is 17.1 Å². The van der Waals surface area contributed by atoms with E-state index in [0.717, 1.165) is 33.7 Å². The molecule has 0 aliphatic rings. The van der Waals surface area contributed by atoms with Gasteiger partial charge >= 0.3 is 0 Å². The minimum absolute atomic E-state index is 0.0119. The number of hydrogen-bond donors (Lipinski definition) is 1. The molecule has 2 aromatic heterocycles. The van der Waals surface area contributed by atoms with E-state index in [1.165, 1.54) is 0 Å². The van der Waals surface area contributed by atoms with Crippen molar-refractivity contribution < 1.29 is 0 Å². The van der Waals surface area contributed by atoms with E-state index in [2.05, 4.69) is 9.88 Å². The lowest BCUT2D eigenvalue weighted by molar-refractivity contribution is 0.384. The normalized spacial score (nSPS) is 12.0. The van der Waals surface area contributed by atoms with E-state index in [9.17, 15) is 4.79 Å². The number of nitrogens with one attached hydrogen (secondary N) is 1. The number of benzene rings is 2. The first-order valence-electron chi connectivity index (χ1n) is 7.93. The highest BCUT2D eigenvalue weighted by Gasteiger charge is 2.15. The van der Waals surface area contributed by atoms with Crippen molar-refractivity contribution in [1.82, 2.24) is 14.5 Å². The Morgan fingerprint density at radius 2 is 1.92 bits per heavy atom. The molecule has 122 valence electrons. The summed E-state index contributed by atoms with van der Waals surface area (Å²) in [5.74, 6) is 0. The second-order valence-electron chi connectivity index (χ2n) is 6.34. The predicted molar refractivity (Wildman–Crippen MR) is 101 cm³/mol. The monoisotopic (exact) mass is 339 g/mol. The van der Waals surface area contributed by atoms with E-state index in [4.69, 9.17) is 11.6 Å². The zero-order valence-electron chi connectivity index (χ0n) is 13.6. The summed E-state index contributed by atoms with van der Waals surface area (Å²) < 4.78 is 1.84. The third-order valence-electron chi connectivity index (χ3n) is 4.45. The number of rotatable bonds is 3. The van der Waals surface area contributed by atoms with Crippen LogP contribution in [0.25, 0.3) is 32.7 Å². The molecule has 0 aliphatic carbocycles. The van der Waals surface area contributed by atoms with E-state index >= 15 is 0 Å². The van der Waals surface area contributed by atoms with E-state index in [1.807, 2.05) is 61.1 Å². The fourth-order valence-electron chi connectivity index (χ4n) is 3.29. The van der Waals surface area contributed by atoms with Gasteiger partial charge in [0.25, 0.3) is 5.56 Å². The first-order chi connectivity index (χ1) is 11.6. The summed E-state index contributed by atoms with van der Waals surface area (Å²) >= 11 is 6.25. The van der Waals surface area contributed by atoms with Gasteiger partial charge in [0.2, 0.25) is 0 Å². The molecular weight excluding hydrogens is 322 g/mol. The summed E-state index contributed by atoms with van der Waals surface area (Å²) in [4.78, 5) is 18.5. The second kappa shape index (κ2) is 5.65. The molecule has 0 saturated heterocycles. The maximum Gasteiger partial charge on any atom is 0.275 e. The smallest absolute Gasteiger partial charge is 0.275 e. The molecule has 2 heterocycles. The molecular formula is C19H18ClN3O. The van der Waals surface area contributed by atoms with Gasteiger partial charge in [-0.3, -0.25) is 4.79 Å². The highest BCUT2D eigenvalue weighted by molar-refractivity contribution is 6.32. The van der Waals surface area contributed by atoms with E-state index < -0.39 is 0 Å². The third-order valence-corrected chi connectivity index (χ3v) is 4.69. The molecule has 1 N–H and O–H groups in total. The Labute approximate surface area is 144 Å². The molecule has 5 heteroatoms. The topological polar surface area (TPSA) is 41.0 Å². The number of pyridine rings is 1. The van der Waals surface area contributed by atoms with Gasteiger partial charge in [0.1, 0.15) is 5.52 Å². The maximum absolute atomic E-state index is 13.1. The highest BCUT2D eigenvalue weighted by atomic mass is 35.5. The minimum Gasteiger partial charge on any atom is -0.350 e. The second-order valence-corrected chi connectivity index (χ2v) is 6.78. The molecule has 0 amide bonds. The quantitative estimate of drug-likeness (QED) is 0.616. The van der Waals surface area contributed by atoms with Crippen LogP contribution in [0, 0.1) is 0 Å². The van der Waals surface area contributed by atoms with Crippen molar-refractivity contribution >= 4 is 44.3 Å². The number of aromatic amines is 1. The van der Waals surface area contributed by atoms with Crippen molar-refractivity contribution in [2.45, 2.75) is 6.54 Å². The third kappa shape index (κ3) is 2.30. The number of fused-ring (bicyclic) bond motifs is 5. The van der Waals surface area contributed by atoms with Gasteiger partial charge in [-0.2, -0.15) is 0 Å². The lowest BCUT2D eigenvalue weighted by Crippen LogP contribution is -2.27. The predicted octanol–water partition coefficient (Wildman–Crippen LogP) is 3.85. The van der Waals surface area contributed by atoms with Crippen LogP contribution < -0.4 is 5.56 Å². The number of H-pyrrole nitrogens is 1. The van der Waals surface area contributed by atoms with Crippen LogP contribution in [-0.2, 0) is 6.54 Å². The molecule has 0 unspecified atom stereocenters. The fraction of sp³-hybridized carbons (Fsp3) is 0.211. The molecule has 4 nitrogen and oxygen atoms in total. The fourth-order valence-corrected chi connectivity index (χ4v) is 3.46. The van der Waals surface area contributed by atoms with Crippen molar-refractivity contribution in [2.75, 3.05) is 20.6 Å². The molecule has 0 spiro atoms. The average molecular weight is 340 g/mol. The zero-order valence-corrected chi connectivity index (χ0v) is 14.4. The molecule has 0 fully saturated rings. The number of halogens is 1. The van der Waals surface area contributed by atoms with Crippen molar-refractivity contribution in [2.24, 2.45) is 0 Å². The van der Waals surface area contributed by atoms with Crippen LogP contribution in [0.4, 0.5) is 0 Å². The van der Waals surface area contributed by atoms with Gasteiger partial charge in [0.05, 0.1) is 5.52 Å². The van der Waals surface area contributed by atoms with Crippen LogP contribution in [-0.4, -0.2) is 35.1 Å². The Hall–Kier alpha value is -2.30. The first kappa shape index (κ1) is 15.2. The Bertz CT molecular complexity index is 1120. The van der Waals surface area contributed by atoms with E-state index in [-0.39, 0.29) is 5.56 Å². The van der Waals surface area contributed by atoms with Gasteiger partial charge in [-0.15, -0.1) is 0 Å². The SMILES string of the molecule is CN(C)CCn1c(=O)c2[nH]c3ccccc3c2c2cc(Cl)ccc21. The van der Waals surface area contributed by atoms with Crippen molar-refractivity contribution in [3.05, 3.63) is 57.8 Å². The van der Waals surface area contributed by atoms with Gasteiger partial charge in [-0.1, -0.05) is 29.8 Å². The number of aromatic nitrogens is 2. The molecule has 4 rings (SSSR count). The molecule has 4 aromatic rings. The van der Waals surface area contributed by atoms with Crippen molar-refractivity contribution in [3.8, 4) is 0 Å². The molecule has 24 heavy (non-hydrogen) atoms. The van der Waals surface area contributed by atoms with Gasteiger partial charge in [0, 0.05) is 39.8 Å². The molecule has 0 radical (unpaired) electrons. The summed E-state index contributed by atoms with van der Waals surface area (Å²) in [7, 11) is 4.01. The highest BCUT2D eigenvalue weighted by Crippen LogP contribution is 2.31. The van der Waals surface area contributed by atoms with Crippen LogP contribution in [0.2, 0.25) is 5.02 Å². The molecule has 0 atom stereocenters. The Morgan fingerprint density at radius 1 is 1.12 bits per heavy atom. The number of likely N-dealkylation sites (N-methyl/N-ethyl adjacent to an activating group) is 1. The van der Waals surface area contributed by atoms with Gasteiger partial charge in [0.15, 0.2) is 0 Å². The maximum atomic E-state index is 13.1. The summed E-state index contributed by atoms with van der Waals surface area (Å²) in [5, 5.41) is 3.69. The zero-order chi connectivity index (χ0) is 16.8. The number of hydrogen-bond acceptors (Lipinski definition) is 2. The van der Waals surface area contributed by atoms with E-state index in [1.54, 1.807) is 0 Å². The largest absolute Gasteiger partial charge is 0.350 e. The van der Waals surface area contributed by atoms with Gasteiger partial charge in [-0.05, 0) is 38.4 Å². The van der Waals surface area contributed by atoms with Gasteiger partial charge in [-0.25, -0.2) is 0 Å². The summed E-state index contributed by atoms with van der Waals surface area (Å²) in [6.45, 7) is 1.43. The van der Waals surface area contributed by atoms with Crippen molar-refractivity contribution in [1.29, 1.82) is 0 Å². The number of para-hydroxylation sites is 1. The van der Waals surface area contributed by atoms with Gasteiger partial charge < -0.3 is 14.5 Å². The standard InChI is InChI=1S/C19H18ClN3O/c1-22(2)9-10-23-16-8-7-12(20)11-14(16)17-13-5-3-4-6-15(13)21-18(17)19(23)24/h3-8,11,21H,9-10H2,1-2H3. The molecule has 0 bridgehead atoms. The van der Waals surface area contributed by atoms with Crippen molar-refractivity contribution in [3.63, 3.8) is 0 Å². The summed E-state index contributed by atoms with van der Waals surface area (Å²) in [6, 6.07) is 13.7. The average Bonchev–Trinajstić information content (AvgIpc) is 2.95. The Balaban J connectivity index is 2.17. The Morgan fingerprint density at radius 3 is 2.71 bits per heavy atom. The number of nitrogens with zero attached hydrogens (tertiary/aromatic N) is 2. The molecule has 2 aromatic carbocycles. The van der Waals surface area contributed by atoms with Crippen LogP contribution in [0.15, 0.2) is 47.3 Å². The molecule has 0 saturated carbocycles. The van der Waals surface area contributed by atoms with Crippen LogP contribution >= 0.6 is 11.6 Å². The van der Waals surface area contributed by atoms with Crippen LogP contribution in [0.3, 0.4) is 0 Å². The Kier molecular flexibility index (Phi) is 3.59. The summed E-state index contributed by atoms with van der Waals surface area (Å²) in [6.07, 6.45) is 0. The lowest BCUT2D eigenvalue weighted by atomic mass is 10.1. The summed E-state index contributed by atoms with van der Waals surface area (Å²) in [5.41, 5.74) is 2.54. The van der Waals surface area contributed by atoms with Crippen LogP contribution in [0.1, 0.15) is 0 Å². The van der Waals surface area contributed by atoms with Crippen LogP contribution in [0.5, 0.6) is 0 Å².